The maximum Gasteiger partial charge on any atom is 0.126 e. The first-order valence-electron chi connectivity index (χ1n) is 8.83. The van der Waals surface area contributed by atoms with Gasteiger partial charge in [-0.2, -0.15) is 0 Å². The molecule has 1 aromatic heterocycles. The largest absolute Gasteiger partial charge is 0.488 e. The Kier molecular flexibility index (Phi) is 6.00. The molecule has 1 fully saturated rings. The van der Waals surface area contributed by atoms with Gasteiger partial charge in [0.15, 0.2) is 0 Å². The number of hydrogen-bond donors (Lipinski definition) is 1. The van der Waals surface area contributed by atoms with Gasteiger partial charge in [0.25, 0.3) is 0 Å². The molecule has 1 N–H and O–H groups in total. The molecule has 0 aliphatic heterocycles. The number of hydrogen-bond acceptors (Lipinski definition) is 4. The molecule has 3 rings (SSSR count). The summed E-state index contributed by atoms with van der Waals surface area (Å²) in [7, 11) is 2.05. The van der Waals surface area contributed by atoms with Gasteiger partial charge in [0.1, 0.15) is 23.8 Å². The summed E-state index contributed by atoms with van der Waals surface area (Å²) in [5, 5.41) is 10.8. The highest BCUT2D eigenvalue weighted by Crippen LogP contribution is 2.27. The molecule has 1 heterocycles. The van der Waals surface area contributed by atoms with Crippen LogP contribution in [-0.2, 0) is 6.42 Å². The average molecular weight is 344 g/mol. The number of likely N-dealkylation sites (N-methyl/N-ethyl adjacent to an activating group) is 1. The third kappa shape index (κ3) is 4.77. The fourth-order valence-electron chi connectivity index (χ4n) is 3.44. The Morgan fingerprint density at radius 1 is 1.16 bits per heavy atom. The molecular formula is C20H25FN2O2. The number of nitrogens with zero attached hydrogens (tertiary/aromatic N) is 2. The second-order valence-electron chi connectivity index (χ2n) is 6.69. The standard InChI is InChI=1S/C20H25FN2O2/c1-23(14-11-15-9-12-22-13-10-15)18-3-2-4-19(20(18)24)25-17-7-5-16(21)6-8-17/h5-10,12-13,18-20,24H,2-4,11,14H2,1H3/t18-,19+,20+/m0/s1. The van der Waals surface area contributed by atoms with Crippen LogP contribution >= 0.6 is 0 Å². The molecule has 1 saturated carbocycles. The molecule has 0 unspecified atom stereocenters. The molecular weight excluding hydrogens is 319 g/mol. The van der Waals surface area contributed by atoms with Crippen LogP contribution in [0.3, 0.4) is 0 Å². The molecule has 134 valence electrons. The predicted octanol–water partition coefficient (Wildman–Crippen LogP) is 3.06. The Morgan fingerprint density at radius 2 is 1.88 bits per heavy atom. The zero-order valence-corrected chi connectivity index (χ0v) is 14.5. The quantitative estimate of drug-likeness (QED) is 0.875. The molecule has 0 amide bonds. The molecule has 3 atom stereocenters. The van der Waals surface area contributed by atoms with Crippen LogP contribution in [0, 0.1) is 5.82 Å². The van der Waals surface area contributed by atoms with Crippen molar-refractivity contribution in [2.75, 3.05) is 13.6 Å². The minimum atomic E-state index is -0.554. The second kappa shape index (κ2) is 8.41. The molecule has 0 bridgehead atoms. The van der Waals surface area contributed by atoms with Crippen molar-refractivity contribution in [2.45, 2.75) is 43.9 Å². The van der Waals surface area contributed by atoms with E-state index in [1.165, 1.54) is 17.7 Å². The van der Waals surface area contributed by atoms with Gasteiger partial charge in [-0.15, -0.1) is 0 Å². The van der Waals surface area contributed by atoms with Crippen molar-refractivity contribution in [1.82, 2.24) is 9.88 Å². The van der Waals surface area contributed by atoms with Gasteiger partial charge in [0, 0.05) is 25.0 Å². The smallest absolute Gasteiger partial charge is 0.126 e. The van der Waals surface area contributed by atoms with Crippen LogP contribution < -0.4 is 4.74 Å². The van der Waals surface area contributed by atoms with Gasteiger partial charge in [-0.3, -0.25) is 4.98 Å². The lowest BCUT2D eigenvalue weighted by atomic mass is 9.88. The van der Waals surface area contributed by atoms with Gasteiger partial charge >= 0.3 is 0 Å². The highest BCUT2D eigenvalue weighted by molar-refractivity contribution is 5.22. The van der Waals surface area contributed by atoms with Crippen LogP contribution in [0.5, 0.6) is 5.75 Å². The second-order valence-corrected chi connectivity index (χ2v) is 6.69. The number of halogens is 1. The van der Waals surface area contributed by atoms with Crippen molar-refractivity contribution in [1.29, 1.82) is 0 Å². The first-order valence-corrected chi connectivity index (χ1v) is 8.83. The minimum Gasteiger partial charge on any atom is -0.488 e. The average Bonchev–Trinajstić information content (AvgIpc) is 2.64. The first-order chi connectivity index (χ1) is 12.1. The SMILES string of the molecule is CN(CCc1ccncc1)[C@H]1CCC[C@@H](Oc2ccc(F)cc2)[C@@H]1O. The van der Waals surface area contributed by atoms with E-state index in [0.717, 1.165) is 32.2 Å². The lowest BCUT2D eigenvalue weighted by molar-refractivity contribution is -0.0469. The van der Waals surface area contributed by atoms with Crippen molar-refractivity contribution in [3.8, 4) is 5.75 Å². The molecule has 1 aliphatic carbocycles. The van der Waals surface area contributed by atoms with Crippen molar-refractivity contribution < 1.29 is 14.2 Å². The minimum absolute atomic E-state index is 0.0704. The van der Waals surface area contributed by atoms with Gasteiger partial charge in [0.2, 0.25) is 0 Å². The first kappa shape index (κ1) is 17.8. The molecule has 0 saturated heterocycles. The lowest BCUT2D eigenvalue weighted by Gasteiger charge is -2.39. The molecule has 5 heteroatoms. The van der Waals surface area contributed by atoms with Crippen LogP contribution in [0.2, 0.25) is 0 Å². The molecule has 0 radical (unpaired) electrons. The number of benzene rings is 1. The summed E-state index contributed by atoms with van der Waals surface area (Å²) >= 11 is 0. The monoisotopic (exact) mass is 344 g/mol. The topological polar surface area (TPSA) is 45.6 Å². The molecule has 4 nitrogen and oxygen atoms in total. The predicted molar refractivity (Wildman–Crippen MR) is 95.0 cm³/mol. The van der Waals surface area contributed by atoms with E-state index in [9.17, 15) is 9.50 Å². The number of aliphatic hydroxyl groups excluding tert-OH is 1. The molecule has 1 aliphatic rings. The summed E-state index contributed by atoms with van der Waals surface area (Å²) in [5.41, 5.74) is 1.24. The van der Waals surface area contributed by atoms with Crippen molar-refractivity contribution >= 4 is 0 Å². The summed E-state index contributed by atoms with van der Waals surface area (Å²) in [6.07, 6.45) is 6.49. The third-order valence-electron chi connectivity index (χ3n) is 4.93. The normalized spacial score (nSPS) is 23.6. The van der Waals surface area contributed by atoms with Crippen LogP contribution in [0.25, 0.3) is 0 Å². The zero-order chi connectivity index (χ0) is 17.6. The van der Waals surface area contributed by atoms with Crippen molar-refractivity contribution in [3.63, 3.8) is 0 Å². The fourth-order valence-corrected chi connectivity index (χ4v) is 3.44. The van der Waals surface area contributed by atoms with Crippen molar-refractivity contribution in [3.05, 3.63) is 60.2 Å². The fraction of sp³-hybridized carbons (Fsp3) is 0.450. The van der Waals surface area contributed by atoms with Crippen LogP contribution in [-0.4, -0.2) is 46.8 Å². The number of aliphatic hydroxyl groups is 1. The van der Waals surface area contributed by atoms with E-state index < -0.39 is 6.10 Å². The summed E-state index contributed by atoms with van der Waals surface area (Å²) < 4.78 is 18.9. The Labute approximate surface area is 148 Å². The summed E-state index contributed by atoms with van der Waals surface area (Å²) in [6, 6.07) is 10.1. The molecule has 0 spiro atoms. The highest BCUT2D eigenvalue weighted by Gasteiger charge is 2.35. The third-order valence-corrected chi connectivity index (χ3v) is 4.93. The van der Waals surface area contributed by atoms with E-state index in [2.05, 4.69) is 16.9 Å². The summed E-state index contributed by atoms with van der Waals surface area (Å²) in [4.78, 5) is 6.25. The Bertz CT molecular complexity index is 651. The Morgan fingerprint density at radius 3 is 2.60 bits per heavy atom. The van der Waals surface area contributed by atoms with Gasteiger partial charge < -0.3 is 14.7 Å². The number of aromatic nitrogens is 1. The molecule has 25 heavy (non-hydrogen) atoms. The summed E-state index contributed by atoms with van der Waals surface area (Å²) in [5.74, 6) is 0.316. The zero-order valence-electron chi connectivity index (χ0n) is 14.5. The van der Waals surface area contributed by atoms with Gasteiger partial charge in [0.05, 0.1) is 0 Å². The van der Waals surface area contributed by atoms with Crippen molar-refractivity contribution in [2.24, 2.45) is 0 Å². The van der Waals surface area contributed by atoms with Gasteiger partial charge in [-0.25, -0.2) is 4.39 Å². The number of pyridine rings is 1. The van der Waals surface area contributed by atoms with Gasteiger partial charge in [-0.1, -0.05) is 0 Å². The van der Waals surface area contributed by atoms with Gasteiger partial charge in [-0.05, 0) is 74.7 Å². The summed E-state index contributed by atoms with van der Waals surface area (Å²) in [6.45, 7) is 0.870. The maximum atomic E-state index is 13.0. The van der Waals surface area contributed by atoms with E-state index in [0.29, 0.717) is 5.75 Å². The lowest BCUT2D eigenvalue weighted by Crippen LogP contribution is -2.52. The maximum absolute atomic E-state index is 13.0. The number of rotatable bonds is 6. The Balaban J connectivity index is 1.57. The molecule has 1 aromatic carbocycles. The van der Waals surface area contributed by atoms with E-state index in [-0.39, 0.29) is 18.0 Å². The van der Waals surface area contributed by atoms with Crippen LogP contribution in [0.4, 0.5) is 4.39 Å². The van der Waals surface area contributed by atoms with Crippen LogP contribution in [0.15, 0.2) is 48.8 Å². The van der Waals surface area contributed by atoms with E-state index >= 15 is 0 Å². The molecule has 2 aromatic rings. The van der Waals surface area contributed by atoms with E-state index in [4.69, 9.17) is 4.74 Å². The van der Waals surface area contributed by atoms with Crippen LogP contribution in [0.1, 0.15) is 24.8 Å². The highest BCUT2D eigenvalue weighted by atomic mass is 19.1. The van der Waals surface area contributed by atoms with E-state index in [1.54, 1.807) is 24.5 Å². The Hall–Kier alpha value is -1.98. The number of ether oxygens (including phenoxy) is 1. The van der Waals surface area contributed by atoms with E-state index in [1.807, 2.05) is 12.1 Å².